The summed E-state index contributed by atoms with van der Waals surface area (Å²) in [6.07, 6.45) is 61.0. The molecule has 63 heavy (non-hydrogen) atoms. The number of carbonyl (C=O) groups is 2. The average molecular weight is 904 g/mol. The van der Waals surface area contributed by atoms with Crippen molar-refractivity contribution < 1.29 is 37.6 Å². The van der Waals surface area contributed by atoms with Crippen LogP contribution in [0.1, 0.15) is 219 Å². The predicted molar refractivity (Wildman–Crippen MR) is 266 cm³/mol. The smallest absolute Gasteiger partial charge is 0.462 e. The summed E-state index contributed by atoms with van der Waals surface area (Å²) < 4.78 is 32.8. The van der Waals surface area contributed by atoms with Gasteiger partial charge in [-0.3, -0.25) is 18.6 Å². The van der Waals surface area contributed by atoms with Gasteiger partial charge in [0, 0.05) is 19.4 Å². The zero-order chi connectivity index (χ0) is 46.0. The molecular formula is C53H94NO8P. The fourth-order valence-electron chi connectivity index (χ4n) is 6.83. The van der Waals surface area contributed by atoms with Crippen molar-refractivity contribution in [3.05, 3.63) is 72.9 Å². The standard InChI is InChI=1S/C53H94NO8P/c1-3-5-7-9-11-13-15-17-18-19-20-21-22-23-24-25-26-27-28-29-30-31-32-34-36-38-40-42-44-46-53(56)62-51(50-61-63(57,58)60-48-47-54)49-59-52(55)45-43-41-39-37-35-33-16-14-12-10-8-6-4-2/h6,8,12,14-15,17,19-20,22-23,33,35,51H,3-5,7,9-11,13,16,18,21,24-32,34,36-50,54H2,1-2H3,(H,57,58)/b8-6-,14-12-,17-15-,20-19-,23-22-,35-33-. The van der Waals surface area contributed by atoms with Gasteiger partial charge in [0.1, 0.15) is 6.61 Å². The van der Waals surface area contributed by atoms with Gasteiger partial charge in [-0.25, -0.2) is 4.57 Å². The molecule has 0 heterocycles. The summed E-state index contributed by atoms with van der Waals surface area (Å²) in [5.74, 6) is -0.864. The molecular weight excluding hydrogens is 810 g/mol. The first-order valence-corrected chi connectivity index (χ1v) is 26.9. The second kappa shape index (κ2) is 48.9. The highest BCUT2D eigenvalue weighted by atomic mass is 31.2. The Morgan fingerprint density at radius 1 is 0.492 bits per heavy atom. The number of phosphoric ester groups is 1. The molecule has 3 N–H and O–H groups in total. The summed E-state index contributed by atoms with van der Waals surface area (Å²) in [4.78, 5) is 35.0. The van der Waals surface area contributed by atoms with E-state index in [9.17, 15) is 19.0 Å². The Kier molecular flexibility index (Phi) is 46.9. The van der Waals surface area contributed by atoms with Gasteiger partial charge in [-0.05, 0) is 83.5 Å². The Hall–Kier alpha value is -2.55. The van der Waals surface area contributed by atoms with E-state index in [1.165, 1.54) is 109 Å². The minimum atomic E-state index is -4.39. The summed E-state index contributed by atoms with van der Waals surface area (Å²) in [6.45, 7) is 3.58. The van der Waals surface area contributed by atoms with Crippen LogP contribution in [0.4, 0.5) is 0 Å². The van der Waals surface area contributed by atoms with Gasteiger partial charge in [0.05, 0.1) is 13.2 Å². The van der Waals surface area contributed by atoms with E-state index in [-0.39, 0.29) is 32.6 Å². The molecule has 0 aliphatic rings. The largest absolute Gasteiger partial charge is 0.472 e. The van der Waals surface area contributed by atoms with Crippen molar-refractivity contribution in [3.63, 3.8) is 0 Å². The van der Waals surface area contributed by atoms with Gasteiger partial charge in [-0.1, -0.05) is 196 Å². The third-order valence-electron chi connectivity index (χ3n) is 10.6. The lowest BCUT2D eigenvalue weighted by molar-refractivity contribution is -0.161. The molecule has 0 fully saturated rings. The first kappa shape index (κ1) is 60.5. The topological polar surface area (TPSA) is 134 Å². The fourth-order valence-corrected chi connectivity index (χ4v) is 7.60. The summed E-state index contributed by atoms with van der Waals surface area (Å²) >= 11 is 0. The van der Waals surface area contributed by atoms with Crippen LogP contribution >= 0.6 is 7.82 Å². The van der Waals surface area contributed by atoms with Gasteiger partial charge in [0.15, 0.2) is 6.10 Å². The second-order valence-corrected chi connectivity index (χ2v) is 18.1. The third kappa shape index (κ3) is 48.7. The Balaban J connectivity index is 3.99. The molecule has 0 aromatic carbocycles. The first-order chi connectivity index (χ1) is 30.8. The van der Waals surface area contributed by atoms with Crippen LogP contribution in [-0.2, 0) is 32.7 Å². The summed E-state index contributed by atoms with van der Waals surface area (Å²) in [6, 6.07) is 0. The molecule has 364 valence electrons. The van der Waals surface area contributed by atoms with Crippen LogP contribution in [-0.4, -0.2) is 49.3 Å². The number of hydrogen-bond donors (Lipinski definition) is 2. The number of ether oxygens (including phenoxy) is 2. The highest BCUT2D eigenvalue weighted by Crippen LogP contribution is 2.43. The van der Waals surface area contributed by atoms with Crippen LogP contribution in [0.2, 0.25) is 0 Å². The molecule has 0 aromatic heterocycles. The Morgan fingerprint density at radius 2 is 0.873 bits per heavy atom. The van der Waals surface area contributed by atoms with Crippen molar-refractivity contribution in [2.75, 3.05) is 26.4 Å². The monoisotopic (exact) mass is 904 g/mol. The lowest BCUT2D eigenvalue weighted by Gasteiger charge is -2.19. The highest BCUT2D eigenvalue weighted by molar-refractivity contribution is 7.47. The van der Waals surface area contributed by atoms with E-state index in [0.29, 0.717) is 12.8 Å². The normalized spacial score (nSPS) is 13.8. The van der Waals surface area contributed by atoms with E-state index in [1.807, 2.05) is 0 Å². The molecule has 0 radical (unpaired) electrons. The van der Waals surface area contributed by atoms with Gasteiger partial charge in [0.2, 0.25) is 0 Å². The molecule has 2 unspecified atom stereocenters. The van der Waals surface area contributed by atoms with Gasteiger partial charge in [0.25, 0.3) is 0 Å². The molecule has 2 atom stereocenters. The predicted octanol–water partition coefficient (Wildman–Crippen LogP) is 15.4. The van der Waals surface area contributed by atoms with Crippen LogP contribution in [0, 0.1) is 0 Å². The number of hydrogen-bond acceptors (Lipinski definition) is 8. The molecule has 0 amide bonds. The molecule has 0 aliphatic carbocycles. The highest BCUT2D eigenvalue weighted by Gasteiger charge is 2.26. The minimum Gasteiger partial charge on any atom is -0.462 e. The summed E-state index contributed by atoms with van der Waals surface area (Å²) in [7, 11) is -4.39. The molecule has 0 bridgehead atoms. The number of phosphoric acid groups is 1. The van der Waals surface area contributed by atoms with Crippen molar-refractivity contribution in [3.8, 4) is 0 Å². The van der Waals surface area contributed by atoms with Crippen LogP contribution in [0.15, 0.2) is 72.9 Å². The molecule has 9 nitrogen and oxygen atoms in total. The number of rotatable bonds is 47. The summed E-state index contributed by atoms with van der Waals surface area (Å²) in [5.41, 5.74) is 5.36. The van der Waals surface area contributed by atoms with Crippen molar-refractivity contribution in [2.24, 2.45) is 5.73 Å². The van der Waals surface area contributed by atoms with E-state index >= 15 is 0 Å². The lowest BCUT2D eigenvalue weighted by atomic mass is 10.0. The van der Waals surface area contributed by atoms with Crippen molar-refractivity contribution in [1.29, 1.82) is 0 Å². The van der Waals surface area contributed by atoms with Crippen LogP contribution < -0.4 is 5.73 Å². The van der Waals surface area contributed by atoms with E-state index in [4.69, 9.17) is 24.3 Å². The van der Waals surface area contributed by atoms with Crippen molar-refractivity contribution in [2.45, 2.75) is 225 Å². The zero-order valence-corrected chi connectivity index (χ0v) is 41.2. The maximum Gasteiger partial charge on any atom is 0.472 e. The van der Waals surface area contributed by atoms with Gasteiger partial charge < -0.3 is 20.1 Å². The van der Waals surface area contributed by atoms with Gasteiger partial charge >= 0.3 is 19.8 Å². The number of esters is 2. The fraction of sp³-hybridized carbons (Fsp3) is 0.736. The van der Waals surface area contributed by atoms with Crippen LogP contribution in [0.5, 0.6) is 0 Å². The molecule has 0 rings (SSSR count). The average Bonchev–Trinajstić information content (AvgIpc) is 3.27. The number of carbonyl (C=O) groups excluding carboxylic acids is 2. The Morgan fingerprint density at radius 3 is 1.32 bits per heavy atom. The molecule has 0 saturated carbocycles. The molecule has 0 spiro atoms. The number of unbranched alkanes of at least 4 members (excludes halogenated alkanes) is 22. The quantitative estimate of drug-likeness (QED) is 0.0265. The molecule has 10 heteroatoms. The second-order valence-electron chi connectivity index (χ2n) is 16.7. The van der Waals surface area contributed by atoms with Crippen molar-refractivity contribution >= 4 is 19.8 Å². The summed E-state index contributed by atoms with van der Waals surface area (Å²) in [5, 5.41) is 0. The van der Waals surface area contributed by atoms with E-state index in [1.54, 1.807) is 0 Å². The van der Waals surface area contributed by atoms with Gasteiger partial charge in [-0.15, -0.1) is 0 Å². The van der Waals surface area contributed by atoms with Crippen LogP contribution in [0.3, 0.4) is 0 Å². The van der Waals surface area contributed by atoms with Crippen molar-refractivity contribution in [1.82, 2.24) is 0 Å². The lowest BCUT2D eigenvalue weighted by Crippen LogP contribution is -2.29. The van der Waals surface area contributed by atoms with E-state index in [2.05, 4.69) is 86.8 Å². The maximum atomic E-state index is 12.6. The zero-order valence-electron chi connectivity index (χ0n) is 40.3. The Bertz CT molecular complexity index is 1260. The van der Waals surface area contributed by atoms with E-state index < -0.39 is 32.5 Å². The van der Waals surface area contributed by atoms with E-state index in [0.717, 1.165) is 70.6 Å². The number of nitrogens with two attached hydrogens (primary N) is 1. The third-order valence-corrected chi connectivity index (χ3v) is 11.6. The minimum absolute atomic E-state index is 0.0465. The first-order valence-electron chi connectivity index (χ1n) is 25.4. The molecule has 0 aliphatic heterocycles. The molecule has 0 saturated heterocycles. The SMILES string of the molecule is CC/C=C\C/C=C\C/C=C\CCCCCC(=O)OCC(COP(=O)(O)OCCN)OC(=O)CCCCCCCCCCCCCCCC/C=C\C/C=C\C/C=C\CCCCCCC. The molecule has 0 aromatic rings. The van der Waals surface area contributed by atoms with Crippen LogP contribution in [0.25, 0.3) is 0 Å². The number of allylic oxidation sites excluding steroid dienone is 12. The maximum absolute atomic E-state index is 12.6. The Labute approximate surface area is 386 Å². The van der Waals surface area contributed by atoms with Gasteiger partial charge in [-0.2, -0.15) is 0 Å².